The fourth-order valence-electron chi connectivity index (χ4n) is 11.9. The molecule has 9 rings (SSSR count). The number of anilines is 2. The van der Waals surface area contributed by atoms with Crippen LogP contribution in [0.3, 0.4) is 0 Å². The number of hydrogen-bond donors (Lipinski definition) is 4. The van der Waals surface area contributed by atoms with Crippen LogP contribution in [0, 0.1) is 30.4 Å². The topological polar surface area (TPSA) is 181 Å². The third-order valence-electron chi connectivity index (χ3n) is 16.1. The van der Waals surface area contributed by atoms with Crippen LogP contribution in [0.4, 0.5) is 34.1 Å². The molecule has 16 nitrogen and oxygen atoms in total. The summed E-state index contributed by atoms with van der Waals surface area (Å²) in [6, 6.07) is 14.5. The number of carbonyl (C=O) groups is 4. The van der Waals surface area contributed by atoms with Crippen molar-refractivity contribution in [1.29, 1.82) is 0 Å². The number of nitrogens with zero attached hydrogens (tertiary/aromatic N) is 6. The molecule has 4 aliphatic rings. The number of likely N-dealkylation sites (tertiary alicyclic amines) is 2. The van der Waals surface area contributed by atoms with Crippen LogP contribution in [0.5, 0.6) is 0 Å². The van der Waals surface area contributed by atoms with Crippen molar-refractivity contribution in [2.24, 2.45) is 11.8 Å². The van der Waals surface area contributed by atoms with Gasteiger partial charge in [-0.3, -0.25) is 9.59 Å². The molecule has 4 N–H and O–H groups in total. The summed E-state index contributed by atoms with van der Waals surface area (Å²) in [5, 5.41) is 5.39. The van der Waals surface area contributed by atoms with Gasteiger partial charge in [0.25, 0.3) is 0 Å². The van der Waals surface area contributed by atoms with Gasteiger partial charge in [-0.25, -0.2) is 32.7 Å². The number of fused-ring (bicyclic) bond motifs is 1. The van der Waals surface area contributed by atoms with E-state index in [1.807, 2.05) is 75.9 Å². The molecule has 4 fully saturated rings. The fraction of sp³-hybridized carbons (Fsp3) is 0.483. The predicted molar refractivity (Wildman–Crippen MR) is 289 cm³/mol. The second-order valence-electron chi connectivity index (χ2n) is 21.6. The number of halogens is 3. The van der Waals surface area contributed by atoms with Crippen molar-refractivity contribution in [1.82, 2.24) is 40.4 Å². The van der Waals surface area contributed by atoms with Gasteiger partial charge in [-0.05, 0) is 104 Å². The Morgan fingerprint density at radius 3 is 1.88 bits per heavy atom. The lowest BCUT2D eigenvalue weighted by atomic mass is 9.86. The summed E-state index contributed by atoms with van der Waals surface area (Å²) in [6.45, 7) is 15.2. The van der Waals surface area contributed by atoms with Crippen LogP contribution >= 0.6 is 0 Å². The van der Waals surface area contributed by atoms with Crippen molar-refractivity contribution < 1.29 is 41.8 Å². The number of piperidine rings is 1. The minimum absolute atomic E-state index is 0.0825. The normalized spacial score (nSPS) is 21.4. The molecule has 5 aromatic rings. The zero-order chi connectivity index (χ0) is 54.9. The van der Waals surface area contributed by atoms with Crippen LogP contribution in [0.15, 0.2) is 78.9 Å². The van der Waals surface area contributed by atoms with Gasteiger partial charge in [0.15, 0.2) is 11.6 Å². The first-order chi connectivity index (χ1) is 36.9. The number of H-pyrrole nitrogens is 2. The zero-order valence-electron chi connectivity index (χ0n) is 45.0. The van der Waals surface area contributed by atoms with Crippen molar-refractivity contribution in [2.75, 3.05) is 50.2 Å². The van der Waals surface area contributed by atoms with Crippen LogP contribution in [-0.2, 0) is 24.7 Å². The Morgan fingerprint density at radius 1 is 0.753 bits per heavy atom. The number of ether oxygens (including phenoxy) is 2. The fourth-order valence-corrected chi connectivity index (χ4v) is 11.9. The summed E-state index contributed by atoms with van der Waals surface area (Å²) in [5.41, 5.74) is 3.49. The minimum atomic E-state index is -1.60. The Balaban J connectivity index is 1.00. The van der Waals surface area contributed by atoms with Crippen molar-refractivity contribution in [3.05, 3.63) is 125 Å². The van der Waals surface area contributed by atoms with E-state index in [1.165, 1.54) is 26.4 Å². The Labute approximate surface area is 447 Å². The van der Waals surface area contributed by atoms with Crippen LogP contribution in [0.2, 0.25) is 0 Å². The number of amides is 4. The van der Waals surface area contributed by atoms with E-state index in [-0.39, 0.29) is 73.4 Å². The predicted octanol–water partition coefficient (Wildman–Crippen LogP) is 10.4. The number of benzene rings is 3. The highest BCUT2D eigenvalue weighted by Gasteiger charge is 2.42. The van der Waals surface area contributed by atoms with Gasteiger partial charge in [0.05, 0.1) is 55.1 Å². The molecule has 3 aromatic carbocycles. The molecular weight excluding hydrogens is 990 g/mol. The Kier molecular flexibility index (Phi) is 16.1. The lowest BCUT2D eigenvalue weighted by molar-refractivity contribution is -0.136. The molecule has 4 saturated heterocycles. The number of carbonyl (C=O) groups excluding carboxylic acids is 4. The Morgan fingerprint density at radius 2 is 1.32 bits per heavy atom. The molecule has 0 aliphatic carbocycles. The van der Waals surface area contributed by atoms with E-state index in [1.54, 1.807) is 39.0 Å². The van der Waals surface area contributed by atoms with Gasteiger partial charge >= 0.3 is 12.2 Å². The summed E-state index contributed by atoms with van der Waals surface area (Å²) in [6.07, 6.45) is 6.63. The van der Waals surface area contributed by atoms with Crippen LogP contribution in [0.1, 0.15) is 131 Å². The second-order valence-corrected chi connectivity index (χ2v) is 21.6. The summed E-state index contributed by atoms with van der Waals surface area (Å²) >= 11 is 0. The van der Waals surface area contributed by atoms with Crippen molar-refractivity contribution in [3.8, 4) is 0 Å². The highest BCUT2D eigenvalue weighted by molar-refractivity contribution is 5.87. The number of aryl methyl sites for hydroxylation is 1. The smallest absolute Gasteiger partial charge is 0.407 e. The second kappa shape index (κ2) is 22.7. The van der Waals surface area contributed by atoms with Crippen molar-refractivity contribution >= 4 is 52.5 Å². The van der Waals surface area contributed by atoms with Crippen molar-refractivity contribution in [3.63, 3.8) is 0 Å². The van der Waals surface area contributed by atoms with E-state index in [0.717, 1.165) is 29.6 Å². The molecule has 77 heavy (non-hydrogen) atoms. The van der Waals surface area contributed by atoms with Gasteiger partial charge in [0, 0.05) is 50.4 Å². The number of hydrogen-bond acceptors (Lipinski definition) is 10. The third-order valence-corrected chi connectivity index (χ3v) is 16.1. The highest BCUT2D eigenvalue weighted by Crippen LogP contribution is 2.46. The summed E-state index contributed by atoms with van der Waals surface area (Å²) < 4.78 is 59.4. The van der Waals surface area contributed by atoms with E-state index in [4.69, 9.17) is 19.4 Å². The highest BCUT2D eigenvalue weighted by atomic mass is 19.1. The maximum Gasteiger partial charge on any atom is 0.407 e. The maximum absolute atomic E-state index is 16.8. The lowest BCUT2D eigenvalue weighted by Crippen LogP contribution is -2.51. The third kappa shape index (κ3) is 11.1. The molecule has 6 atom stereocenters. The largest absolute Gasteiger partial charge is 0.453 e. The number of aromatic nitrogens is 4. The average molecular weight is 1060 g/mol. The van der Waals surface area contributed by atoms with Gasteiger partial charge in [0.1, 0.15) is 35.1 Å². The first-order valence-electron chi connectivity index (χ1n) is 26.9. The zero-order valence-corrected chi connectivity index (χ0v) is 45.0. The maximum atomic E-state index is 16.8. The first kappa shape index (κ1) is 54.5. The van der Waals surface area contributed by atoms with Crippen molar-refractivity contribution in [2.45, 2.75) is 128 Å². The number of alkyl halides is 1. The molecule has 0 bridgehead atoms. The van der Waals surface area contributed by atoms with Gasteiger partial charge in [-0.15, -0.1) is 0 Å². The number of nitrogens with one attached hydrogen (secondary N) is 4. The van der Waals surface area contributed by atoms with Crippen LogP contribution in [0.25, 0.3) is 17.1 Å². The number of rotatable bonds is 15. The SMILES string of the molecule is C=C(/C=C\c1nc([C@@H]2CCCN2C(=O)[C@@H](NC(=O)OC)C(C)C)[nH]c1C)[C@H]1CC[C@H](c2ccc3nc([C@@H]4CCCN4C(=O)[C@@H](NC(=O)OC)C(C)C)[nH]c3c2)N1c1cc(F)c(N2CCC(F)(c3ccccc3)CC2)c(F)c1. The average Bonchev–Trinajstić information content (AvgIpc) is 4.29. The van der Waals surface area contributed by atoms with Crippen LogP contribution < -0.4 is 20.4 Å². The van der Waals surface area contributed by atoms with E-state index in [2.05, 4.69) is 27.2 Å². The molecule has 0 saturated carbocycles. The quantitative estimate of drug-likeness (QED) is 0.0737. The number of alkyl carbamates (subject to hydrolysis) is 2. The Bertz CT molecular complexity index is 3000. The number of aromatic amines is 2. The van der Waals surface area contributed by atoms with E-state index in [0.29, 0.717) is 78.5 Å². The summed E-state index contributed by atoms with van der Waals surface area (Å²) in [4.78, 5) is 76.2. The molecule has 0 spiro atoms. The number of methoxy groups -OCH3 is 2. The molecule has 0 radical (unpaired) electrons. The van der Waals surface area contributed by atoms with Gasteiger partial charge in [-0.1, -0.05) is 76.7 Å². The van der Waals surface area contributed by atoms with Crippen LogP contribution in [-0.4, -0.2) is 112 Å². The molecule has 6 heterocycles. The molecule has 19 heteroatoms. The van der Waals surface area contributed by atoms with E-state index < -0.39 is 47.6 Å². The van der Waals surface area contributed by atoms with E-state index in [9.17, 15) is 19.2 Å². The van der Waals surface area contributed by atoms with Gasteiger partial charge < -0.3 is 49.7 Å². The minimum Gasteiger partial charge on any atom is -0.453 e. The molecule has 2 aromatic heterocycles. The van der Waals surface area contributed by atoms with Gasteiger partial charge in [-0.2, -0.15) is 0 Å². The Hall–Kier alpha value is -7.31. The van der Waals surface area contributed by atoms with E-state index >= 15 is 13.2 Å². The monoisotopic (exact) mass is 1060 g/mol. The lowest BCUT2D eigenvalue weighted by Gasteiger charge is -2.38. The standard InChI is InChI=1S/C58H71F3N10O6/c1-33(2)49(66-56(74)76-7)54(72)69-26-12-16-47(69)52-62-36(6)42(63-52)20-18-35(5)45-22-23-46(71(45)39-31-40(59)51(41(60)32-39)68-28-24-58(61,25-29-68)38-14-10-9-11-15-38)37-19-21-43-44(30-37)65-53(64-43)48-17-13-27-70(48)55(73)50(34(3)4)67-57(75)77-8/h9-11,14-15,18-21,30-34,45-50H,5,12-13,16-17,22-29H2,1-4,6-8H3,(H,62,63)(H,64,65)(H,66,74)(H,67,75)/b20-18-/t45-,46-,47+,48+,49+,50+/m1/s1. The summed E-state index contributed by atoms with van der Waals surface area (Å²) in [7, 11) is 2.53. The molecule has 4 amide bonds. The molecule has 4 aliphatic heterocycles. The van der Waals surface area contributed by atoms with Gasteiger partial charge in [0.2, 0.25) is 11.8 Å². The first-order valence-corrected chi connectivity index (χ1v) is 26.9. The number of imidazole rings is 2. The molecule has 410 valence electrons. The summed E-state index contributed by atoms with van der Waals surface area (Å²) in [5.74, 6) is -1.06. The molecular formula is C58H71F3N10O6. The molecule has 0 unspecified atom stereocenters.